The van der Waals surface area contributed by atoms with Crippen molar-refractivity contribution in [3.63, 3.8) is 0 Å². The Hall–Kier alpha value is -3.67. The second kappa shape index (κ2) is 8.60. The van der Waals surface area contributed by atoms with Gasteiger partial charge in [-0.15, -0.1) is 5.10 Å². The first kappa shape index (κ1) is 20.6. The Bertz CT molecular complexity index is 1100. The second-order valence-electron chi connectivity index (χ2n) is 7.05. The average Bonchev–Trinajstić information content (AvgIpc) is 3.36. The zero-order chi connectivity index (χ0) is 22.0. The van der Waals surface area contributed by atoms with Gasteiger partial charge in [0.2, 0.25) is 11.8 Å². The molecule has 12 heteroatoms. The van der Waals surface area contributed by atoms with Crippen molar-refractivity contribution in [1.82, 2.24) is 29.3 Å². The number of aryl methyl sites for hydroxylation is 1. The van der Waals surface area contributed by atoms with Gasteiger partial charge < -0.3 is 19.3 Å². The fourth-order valence-electron chi connectivity index (χ4n) is 3.11. The molecule has 0 bridgehead atoms. The van der Waals surface area contributed by atoms with Crippen molar-refractivity contribution in [3.8, 4) is 5.88 Å². The summed E-state index contributed by atoms with van der Waals surface area (Å²) in [4.78, 5) is 33.3. The number of aromatic nitrogens is 5. The van der Waals surface area contributed by atoms with Crippen molar-refractivity contribution in [2.24, 2.45) is 7.05 Å². The molecule has 0 aromatic carbocycles. The summed E-state index contributed by atoms with van der Waals surface area (Å²) < 4.78 is 13.7. The van der Waals surface area contributed by atoms with Crippen LogP contribution in [0.3, 0.4) is 0 Å². The van der Waals surface area contributed by atoms with Crippen molar-refractivity contribution in [2.45, 2.75) is 6.92 Å². The second-order valence-corrected chi connectivity index (χ2v) is 7.05. The van der Waals surface area contributed by atoms with E-state index < -0.39 is 6.09 Å². The first-order valence-corrected chi connectivity index (χ1v) is 9.91. The predicted molar refractivity (Wildman–Crippen MR) is 112 cm³/mol. The first-order valence-electron chi connectivity index (χ1n) is 9.91. The van der Waals surface area contributed by atoms with Gasteiger partial charge in [0.15, 0.2) is 5.65 Å². The molecule has 1 fully saturated rings. The van der Waals surface area contributed by atoms with Crippen molar-refractivity contribution in [1.29, 1.82) is 0 Å². The van der Waals surface area contributed by atoms with E-state index in [0.29, 0.717) is 43.6 Å². The lowest BCUT2D eigenvalue weighted by atomic mass is 10.2. The van der Waals surface area contributed by atoms with Crippen molar-refractivity contribution < 1.29 is 19.1 Å². The van der Waals surface area contributed by atoms with E-state index in [4.69, 9.17) is 9.47 Å². The Morgan fingerprint density at radius 2 is 2.10 bits per heavy atom. The lowest BCUT2D eigenvalue weighted by molar-refractivity contribution is 0.0301. The highest BCUT2D eigenvalue weighted by Crippen LogP contribution is 2.21. The number of rotatable bonds is 5. The van der Waals surface area contributed by atoms with E-state index in [1.54, 1.807) is 34.8 Å². The van der Waals surface area contributed by atoms with Crippen LogP contribution in [0, 0.1) is 0 Å². The summed E-state index contributed by atoms with van der Waals surface area (Å²) >= 11 is 0. The van der Waals surface area contributed by atoms with Gasteiger partial charge in [-0.2, -0.15) is 10.1 Å². The van der Waals surface area contributed by atoms with E-state index >= 15 is 0 Å². The Labute approximate surface area is 178 Å². The third kappa shape index (κ3) is 4.28. The van der Waals surface area contributed by atoms with Crippen LogP contribution in [-0.2, 0) is 11.8 Å². The molecular formula is C19H24N8O4. The number of nitrogens with one attached hydrogen (secondary N) is 1. The average molecular weight is 428 g/mol. The summed E-state index contributed by atoms with van der Waals surface area (Å²) in [5.41, 5.74) is 1.29. The zero-order valence-electron chi connectivity index (χ0n) is 17.6. The normalized spacial score (nSPS) is 14.0. The zero-order valence-corrected chi connectivity index (χ0v) is 17.6. The molecule has 0 unspecified atom stereocenters. The summed E-state index contributed by atoms with van der Waals surface area (Å²) in [6, 6.07) is 3.37. The number of fused-ring (bicyclic) bond motifs is 1. The molecule has 0 radical (unpaired) electrons. The number of pyridine rings is 1. The number of carbonyl (C=O) groups is 2. The highest BCUT2D eigenvalue weighted by Gasteiger charge is 2.26. The third-order valence-electron chi connectivity index (χ3n) is 4.99. The third-order valence-corrected chi connectivity index (χ3v) is 4.99. The summed E-state index contributed by atoms with van der Waals surface area (Å²) in [5, 5.41) is 11.1. The molecule has 4 heterocycles. The number of nitrogens with zero attached hydrogens (tertiary/aromatic N) is 7. The van der Waals surface area contributed by atoms with Crippen LogP contribution in [0.5, 0.6) is 5.88 Å². The number of ether oxygens (including phenoxy) is 2. The standard InChI is InChI=1S/C19H24N8O4/c1-4-24(2)18-22-15-11-13(5-6-27(15)23-18)21-19(29)31-17-14(12-20-25(17)3)16(28)26-7-9-30-10-8-26/h5-6,11-12H,4,7-10H2,1-3H3,(H,21,29). The molecule has 1 N–H and O–H groups in total. The quantitative estimate of drug-likeness (QED) is 0.639. The maximum atomic E-state index is 12.8. The molecule has 164 valence electrons. The van der Waals surface area contributed by atoms with Crippen molar-refractivity contribution in [3.05, 3.63) is 30.1 Å². The van der Waals surface area contributed by atoms with Gasteiger partial charge in [-0.3, -0.25) is 10.1 Å². The van der Waals surface area contributed by atoms with Gasteiger partial charge in [0.1, 0.15) is 5.56 Å². The van der Waals surface area contributed by atoms with E-state index in [2.05, 4.69) is 20.5 Å². The van der Waals surface area contributed by atoms with Crippen molar-refractivity contribution >= 4 is 29.3 Å². The van der Waals surface area contributed by atoms with E-state index in [1.165, 1.54) is 10.9 Å². The molecule has 2 amide bonds. The topological polar surface area (TPSA) is 119 Å². The Balaban J connectivity index is 1.47. The van der Waals surface area contributed by atoms with Crippen LogP contribution in [-0.4, -0.2) is 81.2 Å². The summed E-state index contributed by atoms with van der Waals surface area (Å²) in [7, 11) is 3.50. The fraction of sp³-hybridized carbons (Fsp3) is 0.421. The lowest BCUT2D eigenvalue weighted by Gasteiger charge is -2.26. The van der Waals surface area contributed by atoms with Crippen LogP contribution in [0.1, 0.15) is 17.3 Å². The number of morpholine rings is 1. The maximum absolute atomic E-state index is 12.8. The van der Waals surface area contributed by atoms with Gasteiger partial charge in [0, 0.05) is 51.7 Å². The molecular weight excluding hydrogens is 404 g/mol. The molecule has 3 aromatic heterocycles. The SMILES string of the molecule is CCN(C)c1nc2cc(NC(=O)Oc3c(C(=O)N4CCOCC4)cnn3C)ccn2n1. The maximum Gasteiger partial charge on any atom is 0.418 e. The van der Waals surface area contributed by atoms with Crippen LogP contribution >= 0.6 is 0 Å². The number of carbonyl (C=O) groups excluding carboxylic acids is 2. The van der Waals surface area contributed by atoms with Crippen LogP contribution < -0.4 is 15.0 Å². The summed E-state index contributed by atoms with van der Waals surface area (Å²) in [6.45, 7) is 4.68. The predicted octanol–water partition coefficient (Wildman–Crippen LogP) is 1.00. The van der Waals surface area contributed by atoms with Gasteiger partial charge >= 0.3 is 6.09 Å². The smallest absolute Gasteiger partial charge is 0.390 e. The molecule has 0 saturated carbocycles. The number of hydrogen-bond donors (Lipinski definition) is 1. The largest absolute Gasteiger partial charge is 0.418 e. The van der Waals surface area contributed by atoms with E-state index in [-0.39, 0.29) is 17.4 Å². The summed E-state index contributed by atoms with van der Waals surface area (Å²) in [6.07, 6.45) is 2.35. The number of hydrogen-bond acceptors (Lipinski definition) is 8. The van der Waals surface area contributed by atoms with E-state index in [0.717, 1.165) is 6.54 Å². The Kier molecular flexibility index (Phi) is 5.71. The number of amides is 2. The van der Waals surface area contributed by atoms with Gasteiger partial charge in [-0.1, -0.05) is 0 Å². The monoisotopic (exact) mass is 428 g/mol. The highest BCUT2D eigenvalue weighted by atomic mass is 16.6. The Morgan fingerprint density at radius 1 is 1.32 bits per heavy atom. The van der Waals surface area contributed by atoms with Gasteiger partial charge in [0.05, 0.1) is 19.4 Å². The van der Waals surface area contributed by atoms with Crippen LogP contribution in [0.15, 0.2) is 24.5 Å². The molecule has 4 rings (SSSR count). The molecule has 0 spiro atoms. The molecule has 1 aliphatic rings. The van der Waals surface area contributed by atoms with Crippen molar-refractivity contribution in [2.75, 3.05) is 50.1 Å². The molecule has 3 aromatic rings. The first-order chi connectivity index (χ1) is 15.0. The minimum Gasteiger partial charge on any atom is -0.390 e. The van der Waals surface area contributed by atoms with Gasteiger partial charge in [-0.05, 0) is 13.0 Å². The van der Waals surface area contributed by atoms with Gasteiger partial charge in [-0.25, -0.2) is 14.0 Å². The molecule has 31 heavy (non-hydrogen) atoms. The van der Waals surface area contributed by atoms with Gasteiger partial charge in [0.25, 0.3) is 5.91 Å². The molecule has 0 atom stereocenters. The molecule has 12 nitrogen and oxygen atoms in total. The van der Waals surface area contributed by atoms with E-state index in [1.807, 2.05) is 18.9 Å². The van der Waals surface area contributed by atoms with Crippen LogP contribution in [0.4, 0.5) is 16.4 Å². The minimum absolute atomic E-state index is 0.0735. The van der Waals surface area contributed by atoms with E-state index in [9.17, 15) is 9.59 Å². The lowest BCUT2D eigenvalue weighted by Crippen LogP contribution is -2.40. The fourth-order valence-corrected chi connectivity index (χ4v) is 3.11. The molecule has 1 saturated heterocycles. The molecule has 1 aliphatic heterocycles. The minimum atomic E-state index is -0.741. The number of anilines is 2. The van der Waals surface area contributed by atoms with Crippen LogP contribution in [0.25, 0.3) is 5.65 Å². The molecule has 0 aliphatic carbocycles. The van der Waals surface area contributed by atoms with Crippen LogP contribution in [0.2, 0.25) is 0 Å². The highest BCUT2D eigenvalue weighted by molar-refractivity contribution is 5.97. The summed E-state index contributed by atoms with van der Waals surface area (Å²) in [5.74, 6) is 0.407. The Morgan fingerprint density at radius 3 is 2.84 bits per heavy atom.